The first-order chi connectivity index (χ1) is 32.4. The molecule has 0 aliphatic rings. The summed E-state index contributed by atoms with van der Waals surface area (Å²) in [6, 6.07) is 55.8. The summed E-state index contributed by atoms with van der Waals surface area (Å²) in [6.07, 6.45) is 26.1. The average Bonchev–Trinajstić information content (AvgIpc) is 3.34. The van der Waals surface area contributed by atoms with Crippen LogP contribution >= 0.6 is 0 Å². The predicted octanol–water partition coefficient (Wildman–Crippen LogP) is 17.3. The molecule has 0 radical (unpaired) electrons. The van der Waals surface area contributed by atoms with Crippen molar-refractivity contribution in [2.75, 3.05) is 0 Å². The van der Waals surface area contributed by atoms with Gasteiger partial charge in [0.2, 0.25) is 0 Å². The van der Waals surface area contributed by atoms with E-state index in [1.807, 2.05) is 36.5 Å². The van der Waals surface area contributed by atoms with Crippen molar-refractivity contribution in [1.29, 1.82) is 0 Å². The fourth-order valence-electron chi connectivity index (χ4n) is 10.1. The Morgan fingerprint density at radius 1 is 0.273 bits per heavy atom. The van der Waals surface area contributed by atoms with Crippen molar-refractivity contribution in [2.24, 2.45) is 0 Å². The van der Waals surface area contributed by atoms with E-state index in [2.05, 4.69) is 185 Å². The van der Waals surface area contributed by atoms with Gasteiger partial charge in [0.25, 0.3) is 0 Å². The van der Waals surface area contributed by atoms with Crippen molar-refractivity contribution >= 4 is 0 Å². The minimum Gasteiger partial charge on any atom is -0.103 e. The monoisotopic (exact) mass is 867 g/mol. The van der Waals surface area contributed by atoms with Crippen LogP contribution in [0.5, 0.6) is 0 Å². The molecule has 0 spiro atoms. The molecule has 6 rings (SSSR count). The number of benzene rings is 6. The number of rotatable bonds is 29. The van der Waals surface area contributed by atoms with Gasteiger partial charge >= 0.3 is 0 Å². The molecule has 0 heteroatoms. The Morgan fingerprint density at radius 3 is 0.773 bits per heavy atom. The van der Waals surface area contributed by atoms with Gasteiger partial charge in [0.1, 0.15) is 0 Å². The summed E-state index contributed by atoms with van der Waals surface area (Å²) in [5.41, 5.74) is 16.7. The van der Waals surface area contributed by atoms with Gasteiger partial charge in [-0.25, -0.2) is 0 Å². The van der Waals surface area contributed by atoms with Gasteiger partial charge in [0.05, 0.1) is 0 Å². The molecule has 338 valence electrons. The topological polar surface area (TPSA) is 0 Å². The summed E-state index contributed by atoms with van der Waals surface area (Å²) < 4.78 is 0. The van der Waals surface area contributed by atoms with Crippen LogP contribution in [0.3, 0.4) is 0 Å². The summed E-state index contributed by atoms with van der Waals surface area (Å²) in [4.78, 5) is 0. The lowest BCUT2D eigenvalue weighted by atomic mass is 9.75. The third-order valence-corrected chi connectivity index (χ3v) is 13.8. The first-order valence-electron chi connectivity index (χ1n) is 24.6. The summed E-state index contributed by atoms with van der Waals surface area (Å²) in [6.45, 7) is 24.3. The summed E-state index contributed by atoms with van der Waals surface area (Å²) in [5, 5.41) is 0. The van der Waals surface area contributed by atoms with Gasteiger partial charge in [-0.3, -0.25) is 0 Å². The summed E-state index contributed by atoms with van der Waals surface area (Å²) >= 11 is 0. The van der Waals surface area contributed by atoms with Gasteiger partial charge in [0, 0.05) is 0 Å². The molecule has 0 saturated carbocycles. The zero-order valence-corrected chi connectivity index (χ0v) is 39.8. The predicted molar refractivity (Wildman–Crippen MR) is 288 cm³/mol. The Labute approximate surface area is 400 Å². The van der Waals surface area contributed by atoms with Crippen LogP contribution in [0.1, 0.15) is 129 Å². The van der Waals surface area contributed by atoms with E-state index in [1.165, 1.54) is 66.8 Å². The maximum Gasteiger partial charge on any atom is -0.00974 e. The highest BCUT2D eigenvalue weighted by atomic mass is 14.3. The number of hydrogen-bond donors (Lipinski definition) is 0. The molecule has 66 heavy (non-hydrogen) atoms. The molecule has 4 unspecified atom stereocenters. The van der Waals surface area contributed by atoms with E-state index in [1.54, 1.807) is 0 Å². The Hall–Kier alpha value is -6.24. The van der Waals surface area contributed by atoms with Gasteiger partial charge in [-0.1, -0.05) is 182 Å². The molecule has 0 aromatic heterocycles. The van der Waals surface area contributed by atoms with E-state index < -0.39 is 0 Å². The van der Waals surface area contributed by atoms with E-state index in [4.69, 9.17) is 0 Å². The van der Waals surface area contributed by atoms with Crippen molar-refractivity contribution in [1.82, 2.24) is 0 Å². The quantitative estimate of drug-likeness (QED) is 0.0412. The molecule has 6 aromatic carbocycles. The van der Waals surface area contributed by atoms with E-state index in [-0.39, 0.29) is 0 Å². The van der Waals surface area contributed by atoms with E-state index >= 15 is 0 Å². The van der Waals surface area contributed by atoms with Gasteiger partial charge in [0.15, 0.2) is 0 Å². The Kier molecular flexibility index (Phi) is 19.9. The molecule has 0 aliphatic heterocycles. The lowest BCUT2D eigenvalue weighted by Crippen LogP contribution is -2.13. The molecule has 0 aliphatic carbocycles. The van der Waals surface area contributed by atoms with Crippen LogP contribution in [0.4, 0.5) is 0 Å². The fraction of sp³-hybridized carbons (Fsp3) is 0.273. The number of aryl methyl sites for hydroxylation is 2. The lowest BCUT2D eigenvalue weighted by Gasteiger charge is -2.29. The van der Waals surface area contributed by atoms with E-state index in [9.17, 15) is 0 Å². The van der Waals surface area contributed by atoms with Gasteiger partial charge < -0.3 is 0 Å². The van der Waals surface area contributed by atoms with Gasteiger partial charge in [-0.15, -0.1) is 39.5 Å². The van der Waals surface area contributed by atoms with Crippen molar-refractivity contribution < 1.29 is 0 Å². The second-order valence-corrected chi connectivity index (χ2v) is 18.4. The molecule has 0 N–H and O–H groups in total. The molecular weight excluding hydrogens is 793 g/mol. The summed E-state index contributed by atoms with van der Waals surface area (Å²) in [7, 11) is 0. The zero-order valence-electron chi connectivity index (χ0n) is 39.8. The average molecular weight is 867 g/mol. The van der Waals surface area contributed by atoms with Gasteiger partial charge in [-0.05, 0) is 180 Å². The Balaban J connectivity index is 1.37. The normalized spacial score (nSPS) is 12.9. The van der Waals surface area contributed by atoms with Crippen LogP contribution in [0, 0.1) is 0 Å². The highest BCUT2D eigenvalue weighted by molar-refractivity contribution is 5.35. The van der Waals surface area contributed by atoms with Crippen LogP contribution in [-0.4, -0.2) is 0 Å². The number of allylic oxidation sites excluding steroid dienone is 6. The molecule has 0 bridgehead atoms. The second kappa shape index (κ2) is 26.7. The molecular formula is C66H74. The maximum absolute atomic E-state index is 4.08. The van der Waals surface area contributed by atoms with Crippen LogP contribution in [0.25, 0.3) is 0 Å². The fourth-order valence-corrected chi connectivity index (χ4v) is 10.1. The van der Waals surface area contributed by atoms with Crippen LogP contribution in [-0.2, 0) is 51.4 Å². The first-order valence-corrected chi connectivity index (χ1v) is 24.6. The van der Waals surface area contributed by atoms with Crippen LogP contribution in [0.15, 0.2) is 222 Å². The Bertz CT molecular complexity index is 2250. The molecule has 0 amide bonds. The molecule has 0 saturated heterocycles. The van der Waals surface area contributed by atoms with Crippen molar-refractivity contribution in [3.8, 4) is 0 Å². The molecule has 0 nitrogen and oxygen atoms in total. The second-order valence-electron chi connectivity index (χ2n) is 18.4. The smallest absolute Gasteiger partial charge is 0.00974 e. The minimum atomic E-state index is 0.383. The van der Waals surface area contributed by atoms with Gasteiger partial charge in [-0.2, -0.15) is 0 Å². The summed E-state index contributed by atoms with van der Waals surface area (Å²) in [5.74, 6) is 1.56. The Morgan fingerprint density at radius 2 is 0.515 bits per heavy atom. The third kappa shape index (κ3) is 14.6. The number of hydrogen-bond acceptors (Lipinski definition) is 0. The third-order valence-electron chi connectivity index (χ3n) is 13.8. The molecule has 0 heterocycles. The van der Waals surface area contributed by atoms with E-state index in [0.717, 1.165) is 89.9 Å². The minimum absolute atomic E-state index is 0.383. The molecule has 0 fully saturated rings. The lowest BCUT2D eigenvalue weighted by molar-refractivity contribution is 0.422. The first kappa shape index (κ1) is 49.2. The molecule has 6 aromatic rings. The SMILES string of the molecule is C=CCc1ccc(C(CCc2ccccc2CC=C)CC(CCC(CC(CCc2ccccc2CC=C)c2ccc(CC=C)cc2)c2ccc(CC=C)cc2)c2ccc(CC=C)cc2)cc1. The van der Waals surface area contributed by atoms with Crippen molar-refractivity contribution in [3.05, 3.63) is 288 Å². The molecule has 4 atom stereocenters. The van der Waals surface area contributed by atoms with Crippen LogP contribution in [0.2, 0.25) is 0 Å². The van der Waals surface area contributed by atoms with Crippen molar-refractivity contribution in [3.63, 3.8) is 0 Å². The highest BCUT2D eigenvalue weighted by Gasteiger charge is 2.26. The zero-order chi connectivity index (χ0) is 46.4. The maximum atomic E-state index is 4.08. The largest absolute Gasteiger partial charge is 0.103 e. The highest BCUT2D eigenvalue weighted by Crippen LogP contribution is 2.42. The standard InChI is InChI=1S/C66H74/c1-7-17-51-27-35-59(36-28-51)63(45-43-57-25-15-13-23-55(57)21-11-5)49-65(61-39-31-53(19-9-3)32-40-61)47-48-66(62-41-33-54(20-10-4)34-42-62)50-64(60-37-29-52(18-8-2)30-38-60)46-44-58-26-16-14-24-56(58)22-12-6/h7-16,23-42,63-66H,1-6,17-22,43-50H2. The van der Waals surface area contributed by atoms with Crippen molar-refractivity contribution in [2.45, 2.75) is 114 Å². The van der Waals surface area contributed by atoms with Crippen LogP contribution < -0.4 is 0 Å². The van der Waals surface area contributed by atoms with E-state index in [0.29, 0.717) is 23.7 Å².